The maximum atomic E-state index is 6.24. The first-order valence-electron chi connectivity index (χ1n) is 7.52. The van der Waals surface area contributed by atoms with Crippen molar-refractivity contribution >= 4 is 54.7 Å². The first-order valence-corrected chi connectivity index (χ1v) is 9.60. The summed E-state index contributed by atoms with van der Waals surface area (Å²) in [5.41, 5.74) is 3.90. The smallest absolute Gasteiger partial charge is 0.172 e. The number of hydrogen-bond donors (Lipinski definition) is 0. The summed E-state index contributed by atoms with van der Waals surface area (Å²) in [4.78, 5) is 6.88. The van der Waals surface area contributed by atoms with E-state index in [1.807, 2.05) is 24.3 Å². The number of pyridine rings is 1. The van der Waals surface area contributed by atoms with E-state index in [9.17, 15) is 0 Å². The topological polar surface area (TPSA) is 51.6 Å². The van der Waals surface area contributed by atoms with Crippen LogP contribution in [0.1, 0.15) is 0 Å². The summed E-state index contributed by atoms with van der Waals surface area (Å²) in [5.74, 6) is 0. The maximum absolute atomic E-state index is 6.24. The largest absolute Gasteiger partial charge is 0.236 e. The van der Waals surface area contributed by atoms with E-state index < -0.39 is 0 Å². The van der Waals surface area contributed by atoms with Gasteiger partial charge in [0.25, 0.3) is 0 Å². The van der Waals surface area contributed by atoms with Crippen LogP contribution in [0.2, 0.25) is 5.15 Å². The Morgan fingerprint density at radius 1 is 0.960 bits per heavy atom. The zero-order valence-electron chi connectivity index (χ0n) is 12.7. The summed E-state index contributed by atoms with van der Waals surface area (Å²) in [7, 11) is 0. The van der Waals surface area contributed by atoms with Crippen LogP contribution in [-0.4, -0.2) is 20.4 Å². The van der Waals surface area contributed by atoms with E-state index in [1.165, 1.54) is 11.3 Å². The standard InChI is InChI=1S/C18H9ClN4S2/c19-17-16-15(21-23-22-17)14-11(10-5-2-1-3-6-10)9-12(20-18(14)25-16)13-7-4-8-24-13/h1-9H. The summed E-state index contributed by atoms with van der Waals surface area (Å²) in [6, 6.07) is 16.5. The first kappa shape index (κ1) is 14.9. The summed E-state index contributed by atoms with van der Waals surface area (Å²) in [6.45, 7) is 0. The molecule has 4 nitrogen and oxygen atoms in total. The van der Waals surface area contributed by atoms with Gasteiger partial charge in [-0.05, 0) is 33.9 Å². The van der Waals surface area contributed by atoms with E-state index in [1.54, 1.807) is 11.3 Å². The first-order chi connectivity index (χ1) is 12.3. The maximum Gasteiger partial charge on any atom is 0.172 e. The van der Waals surface area contributed by atoms with Crippen LogP contribution in [0, 0.1) is 0 Å². The molecule has 0 spiro atoms. The molecule has 5 aromatic rings. The van der Waals surface area contributed by atoms with E-state index in [2.05, 4.69) is 45.1 Å². The summed E-state index contributed by atoms with van der Waals surface area (Å²) < 4.78 is 0.819. The third kappa shape index (κ3) is 2.41. The number of benzene rings is 1. The van der Waals surface area contributed by atoms with Gasteiger partial charge in [-0.3, -0.25) is 0 Å². The van der Waals surface area contributed by atoms with Crippen LogP contribution < -0.4 is 0 Å². The third-order valence-electron chi connectivity index (χ3n) is 3.96. The Kier molecular flexibility index (Phi) is 3.48. The average Bonchev–Trinajstić information content (AvgIpc) is 3.30. The lowest BCUT2D eigenvalue weighted by Gasteiger charge is -2.06. The number of rotatable bonds is 2. The molecule has 4 heterocycles. The molecule has 0 aliphatic heterocycles. The highest BCUT2D eigenvalue weighted by Crippen LogP contribution is 2.41. The van der Waals surface area contributed by atoms with Gasteiger partial charge in [-0.25, -0.2) is 4.98 Å². The predicted molar refractivity (Wildman–Crippen MR) is 104 cm³/mol. The van der Waals surface area contributed by atoms with Crippen molar-refractivity contribution in [3.8, 4) is 21.7 Å². The molecule has 0 fully saturated rings. The molecule has 0 bridgehead atoms. The minimum atomic E-state index is 0.365. The van der Waals surface area contributed by atoms with Crippen molar-refractivity contribution in [2.24, 2.45) is 0 Å². The van der Waals surface area contributed by atoms with Crippen molar-refractivity contribution in [3.05, 3.63) is 59.1 Å². The number of hydrogen-bond acceptors (Lipinski definition) is 6. The average molecular weight is 381 g/mol. The Morgan fingerprint density at radius 2 is 1.84 bits per heavy atom. The molecule has 25 heavy (non-hydrogen) atoms. The minimum Gasteiger partial charge on any atom is -0.236 e. The van der Waals surface area contributed by atoms with Gasteiger partial charge < -0.3 is 0 Å². The Balaban J connectivity index is 1.94. The molecule has 0 amide bonds. The quantitative estimate of drug-likeness (QED) is 0.395. The molecular formula is C18H9ClN4S2. The minimum absolute atomic E-state index is 0.365. The number of aromatic nitrogens is 4. The Hall–Kier alpha value is -2.41. The van der Waals surface area contributed by atoms with Gasteiger partial charge in [0.15, 0.2) is 5.15 Å². The van der Waals surface area contributed by atoms with E-state index in [-0.39, 0.29) is 0 Å². The van der Waals surface area contributed by atoms with Gasteiger partial charge in [0, 0.05) is 5.39 Å². The second-order valence-corrected chi connectivity index (χ2v) is 7.74. The van der Waals surface area contributed by atoms with Gasteiger partial charge in [0.2, 0.25) is 0 Å². The second-order valence-electron chi connectivity index (χ2n) is 5.44. The van der Waals surface area contributed by atoms with Crippen molar-refractivity contribution in [1.29, 1.82) is 0 Å². The van der Waals surface area contributed by atoms with Crippen LogP contribution in [0.4, 0.5) is 0 Å². The van der Waals surface area contributed by atoms with Crippen molar-refractivity contribution in [2.45, 2.75) is 0 Å². The van der Waals surface area contributed by atoms with Gasteiger partial charge in [-0.1, -0.05) is 48.0 Å². The van der Waals surface area contributed by atoms with Crippen LogP contribution >= 0.6 is 34.3 Å². The number of fused-ring (bicyclic) bond motifs is 3. The Morgan fingerprint density at radius 3 is 2.64 bits per heavy atom. The van der Waals surface area contributed by atoms with Gasteiger partial charge in [-0.15, -0.1) is 32.9 Å². The van der Waals surface area contributed by atoms with Crippen LogP contribution in [0.5, 0.6) is 0 Å². The Bertz CT molecular complexity index is 1200. The van der Waals surface area contributed by atoms with Crippen LogP contribution in [0.15, 0.2) is 53.9 Å². The molecule has 0 aliphatic carbocycles. The van der Waals surface area contributed by atoms with Crippen LogP contribution in [0.25, 0.3) is 42.1 Å². The summed E-state index contributed by atoms with van der Waals surface area (Å²) >= 11 is 9.42. The highest BCUT2D eigenvalue weighted by molar-refractivity contribution is 7.26. The fraction of sp³-hybridized carbons (Fsp3) is 0. The molecule has 1 aromatic carbocycles. The van der Waals surface area contributed by atoms with E-state index in [4.69, 9.17) is 16.6 Å². The van der Waals surface area contributed by atoms with Gasteiger partial charge in [0.1, 0.15) is 10.3 Å². The zero-order chi connectivity index (χ0) is 16.8. The second kappa shape index (κ2) is 5.84. The monoisotopic (exact) mass is 380 g/mol. The SMILES string of the molecule is Clc1nnnc2c1sc1nc(-c3cccs3)cc(-c3ccccc3)c12. The van der Waals surface area contributed by atoms with E-state index >= 15 is 0 Å². The van der Waals surface area contributed by atoms with Crippen LogP contribution in [-0.2, 0) is 0 Å². The molecule has 5 rings (SSSR count). The summed E-state index contributed by atoms with van der Waals surface area (Å²) in [5, 5.41) is 15.3. The molecule has 0 radical (unpaired) electrons. The number of nitrogens with zero attached hydrogens (tertiary/aromatic N) is 4. The zero-order valence-corrected chi connectivity index (χ0v) is 15.1. The highest BCUT2D eigenvalue weighted by atomic mass is 35.5. The van der Waals surface area contributed by atoms with Crippen LogP contribution in [0.3, 0.4) is 0 Å². The van der Waals surface area contributed by atoms with Gasteiger partial charge >= 0.3 is 0 Å². The number of halogens is 1. The van der Waals surface area contributed by atoms with Crippen molar-refractivity contribution < 1.29 is 0 Å². The number of thiophene rings is 2. The molecule has 0 saturated carbocycles. The Labute approximate surface area is 155 Å². The molecule has 0 N–H and O–H groups in total. The molecule has 0 aliphatic rings. The fourth-order valence-corrected chi connectivity index (χ4v) is 4.80. The lowest BCUT2D eigenvalue weighted by atomic mass is 10.0. The predicted octanol–water partition coefficient (Wildman–Crippen LogP) is 5.68. The van der Waals surface area contributed by atoms with E-state index in [0.717, 1.165) is 42.1 Å². The highest BCUT2D eigenvalue weighted by Gasteiger charge is 2.18. The van der Waals surface area contributed by atoms with E-state index in [0.29, 0.717) is 5.15 Å². The lowest BCUT2D eigenvalue weighted by Crippen LogP contribution is -1.89. The van der Waals surface area contributed by atoms with Crippen molar-refractivity contribution in [1.82, 2.24) is 20.4 Å². The molecular weight excluding hydrogens is 372 g/mol. The van der Waals surface area contributed by atoms with Crippen molar-refractivity contribution in [2.75, 3.05) is 0 Å². The fourth-order valence-electron chi connectivity index (χ4n) is 2.87. The molecule has 120 valence electrons. The van der Waals surface area contributed by atoms with Gasteiger partial charge in [-0.2, -0.15) is 0 Å². The summed E-state index contributed by atoms with van der Waals surface area (Å²) in [6.07, 6.45) is 0. The molecule has 4 aromatic heterocycles. The van der Waals surface area contributed by atoms with Gasteiger partial charge in [0.05, 0.1) is 15.3 Å². The lowest BCUT2D eigenvalue weighted by molar-refractivity contribution is 0.900. The molecule has 0 atom stereocenters. The van der Waals surface area contributed by atoms with Crippen molar-refractivity contribution in [3.63, 3.8) is 0 Å². The normalized spacial score (nSPS) is 11.4. The molecule has 0 saturated heterocycles. The third-order valence-corrected chi connectivity index (χ3v) is 6.31. The molecule has 7 heteroatoms. The molecule has 0 unspecified atom stereocenters.